The van der Waals surface area contributed by atoms with Crippen LogP contribution in [0.3, 0.4) is 0 Å². The van der Waals surface area contributed by atoms with Crippen LogP contribution in [-0.4, -0.2) is 29.1 Å². The molecule has 118 valence electrons. The smallest absolute Gasteiger partial charge is 0.315 e. The molecule has 1 aromatic rings. The summed E-state index contributed by atoms with van der Waals surface area (Å²) >= 11 is 1.55. The van der Waals surface area contributed by atoms with Crippen molar-refractivity contribution in [2.75, 3.05) is 11.9 Å². The van der Waals surface area contributed by atoms with Crippen molar-refractivity contribution in [1.29, 1.82) is 0 Å². The summed E-state index contributed by atoms with van der Waals surface area (Å²) in [5.41, 5.74) is -0.265. The SMILES string of the molecule is CCC1CCC(N(C)c2nc(C(C)(C)C(=O)O)cs2)CC1. The van der Waals surface area contributed by atoms with E-state index >= 15 is 0 Å². The summed E-state index contributed by atoms with van der Waals surface area (Å²) in [5.74, 6) is 0.0536. The van der Waals surface area contributed by atoms with E-state index < -0.39 is 11.4 Å². The summed E-state index contributed by atoms with van der Waals surface area (Å²) in [6, 6.07) is 0.541. The first-order chi connectivity index (χ1) is 9.86. The Kier molecular flexibility index (Phi) is 4.91. The maximum Gasteiger partial charge on any atom is 0.315 e. The summed E-state index contributed by atoms with van der Waals surface area (Å²) in [7, 11) is 2.09. The van der Waals surface area contributed by atoms with E-state index in [0.29, 0.717) is 11.7 Å². The average Bonchev–Trinajstić information content (AvgIpc) is 2.97. The lowest BCUT2D eigenvalue weighted by atomic mass is 9.84. The van der Waals surface area contributed by atoms with Gasteiger partial charge in [0.05, 0.1) is 5.69 Å². The molecule has 0 aliphatic heterocycles. The van der Waals surface area contributed by atoms with Crippen LogP contribution in [-0.2, 0) is 10.2 Å². The van der Waals surface area contributed by atoms with E-state index in [2.05, 4.69) is 23.9 Å². The number of hydrogen-bond donors (Lipinski definition) is 1. The Hall–Kier alpha value is -1.10. The van der Waals surface area contributed by atoms with Gasteiger partial charge in [0.1, 0.15) is 5.41 Å². The van der Waals surface area contributed by atoms with E-state index in [-0.39, 0.29) is 0 Å². The highest BCUT2D eigenvalue weighted by Gasteiger charge is 2.33. The summed E-state index contributed by atoms with van der Waals surface area (Å²) in [4.78, 5) is 18.2. The van der Waals surface area contributed by atoms with E-state index in [9.17, 15) is 9.90 Å². The molecule has 1 fully saturated rings. The minimum Gasteiger partial charge on any atom is -0.481 e. The maximum atomic E-state index is 11.3. The molecule has 0 saturated heterocycles. The van der Waals surface area contributed by atoms with Crippen LogP contribution >= 0.6 is 11.3 Å². The van der Waals surface area contributed by atoms with Crippen LogP contribution in [0.2, 0.25) is 0 Å². The third-order valence-electron chi connectivity index (χ3n) is 4.91. The third-order valence-corrected chi connectivity index (χ3v) is 5.84. The normalized spacial score (nSPS) is 23.0. The highest BCUT2D eigenvalue weighted by molar-refractivity contribution is 7.13. The van der Waals surface area contributed by atoms with Crippen molar-refractivity contribution >= 4 is 22.4 Å². The fourth-order valence-corrected chi connectivity index (χ4v) is 3.95. The van der Waals surface area contributed by atoms with E-state index in [1.54, 1.807) is 25.2 Å². The molecular weight excluding hydrogens is 284 g/mol. The maximum absolute atomic E-state index is 11.3. The summed E-state index contributed by atoms with van der Waals surface area (Å²) in [6.45, 7) is 5.69. The lowest BCUT2D eigenvalue weighted by Crippen LogP contribution is -2.35. The number of anilines is 1. The topological polar surface area (TPSA) is 53.4 Å². The average molecular weight is 310 g/mol. The second-order valence-electron chi connectivity index (χ2n) is 6.64. The highest BCUT2D eigenvalue weighted by Crippen LogP contribution is 2.34. The van der Waals surface area contributed by atoms with Crippen LogP contribution in [0.4, 0.5) is 5.13 Å². The molecule has 0 atom stereocenters. The molecule has 4 nitrogen and oxygen atoms in total. The molecule has 0 spiro atoms. The van der Waals surface area contributed by atoms with Gasteiger partial charge < -0.3 is 10.0 Å². The van der Waals surface area contributed by atoms with E-state index in [4.69, 9.17) is 0 Å². The van der Waals surface area contributed by atoms with Gasteiger partial charge >= 0.3 is 5.97 Å². The molecule has 0 bridgehead atoms. The number of aromatic nitrogens is 1. The van der Waals surface area contributed by atoms with Gasteiger partial charge in [-0.2, -0.15) is 0 Å². The van der Waals surface area contributed by atoms with Crippen LogP contribution < -0.4 is 4.90 Å². The Morgan fingerprint density at radius 3 is 2.57 bits per heavy atom. The molecule has 0 aromatic carbocycles. The van der Waals surface area contributed by atoms with Crippen LogP contribution in [0.5, 0.6) is 0 Å². The number of carbonyl (C=O) groups is 1. The minimum absolute atomic E-state index is 0.541. The number of thiazole rings is 1. The Labute approximate surface area is 131 Å². The Morgan fingerprint density at radius 2 is 2.05 bits per heavy atom. The standard InChI is InChI=1S/C16H26N2O2S/c1-5-11-6-8-12(9-7-11)18(4)15-17-13(10-21-15)16(2,3)14(19)20/h10-12H,5-9H2,1-4H3,(H,19,20). The molecule has 2 rings (SSSR count). The first-order valence-corrected chi connectivity index (χ1v) is 8.66. The van der Waals surface area contributed by atoms with Gasteiger partial charge in [0, 0.05) is 18.5 Å². The lowest BCUT2D eigenvalue weighted by Gasteiger charge is -2.34. The first-order valence-electron chi connectivity index (χ1n) is 7.78. The van der Waals surface area contributed by atoms with Gasteiger partial charge in [0.25, 0.3) is 0 Å². The number of rotatable bonds is 5. The monoisotopic (exact) mass is 310 g/mol. The van der Waals surface area contributed by atoms with Gasteiger partial charge in [-0.3, -0.25) is 4.79 Å². The zero-order valence-corrected chi connectivity index (χ0v) is 14.2. The predicted octanol–water partition coefficient (Wildman–Crippen LogP) is 3.91. The van der Waals surface area contributed by atoms with Gasteiger partial charge in [0.2, 0.25) is 0 Å². The molecule has 0 unspecified atom stereocenters. The van der Waals surface area contributed by atoms with Crippen LogP contribution in [0.25, 0.3) is 0 Å². The van der Waals surface area contributed by atoms with E-state index in [0.717, 1.165) is 11.0 Å². The molecule has 1 saturated carbocycles. The van der Waals surface area contributed by atoms with Crippen LogP contribution in [0.15, 0.2) is 5.38 Å². The number of hydrogen-bond acceptors (Lipinski definition) is 4. The largest absolute Gasteiger partial charge is 0.481 e. The molecular formula is C16H26N2O2S. The molecule has 1 aromatic heterocycles. The molecule has 0 radical (unpaired) electrons. The molecule has 1 aliphatic carbocycles. The Bertz CT molecular complexity index is 490. The molecule has 5 heteroatoms. The second-order valence-corrected chi connectivity index (χ2v) is 7.48. The highest BCUT2D eigenvalue weighted by atomic mass is 32.1. The summed E-state index contributed by atoms with van der Waals surface area (Å²) < 4.78 is 0. The number of carboxylic acid groups (broad SMARTS) is 1. The lowest BCUT2D eigenvalue weighted by molar-refractivity contribution is -0.142. The van der Waals surface area contributed by atoms with Crippen molar-refractivity contribution in [3.05, 3.63) is 11.1 Å². The Balaban J connectivity index is 2.06. The summed E-state index contributed by atoms with van der Waals surface area (Å²) in [5, 5.41) is 12.1. The quantitative estimate of drug-likeness (QED) is 0.896. The van der Waals surface area contributed by atoms with Crippen molar-refractivity contribution in [3.63, 3.8) is 0 Å². The van der Waals surface area contributed by atoms with Crippen molar-refractivity contribution in [1.82, 2.24) is 4.98 Å². The van der Waals surface area contributed by atoms with E-state index in [1.807, 2.05) is 5.38 Å². The zero-order chi connectivity index (χ0) is 15.6. The van der Waals surface area contributed by atoms with Crippen LogP contribution in [0.1, 0.15) is 58.6 Å². The van der Waals surface area contributed by atoms with Crippen molar-refractivity contribution in [2.45, 2.75) is 64.3 Å². The van der Waals surface area contributed by atoms with Crippen molar-refractivity contribution < 1.29 is 9.90 Å². The second kappa shape index (κ2) is 6.34. The fraction of sp³-hybridized carbons (Fsp3) is 0.750. The number of carboxylic acids is 1. The van der Waals surface area contributed by atoms with Crippen molar-refractivity contribution in [2.24, 2.45) is 5.92 Å². The fourth-order valence-electron chi connectivity index (χ4n) is 2.92. The molecule has 1 N–H and O–H groups in total. The predicted molar refractivity (Wildman–Crippen MR) is 87.2 cm³/mol. The van der Waals surface area contributed by atoms with Crippen LogP contribution in [0, 0.1) is 5.92 Å². The third kappa shape index (κ3) is 3.39. The number of aliphatic carboxylic acids is 1. The molecule has 1 heterocycles. The van der Waals surface area contributed by atoms with E-state index in [1.165, 1.54) is 32.1 Å². The Morgan fingerprint density at radius 1 is 1.43 bits per heavy atom. The summed E-state index contributed by atoms with van der Waals surface area (Å²) in [6.07, 6.45) is 6.30. The van der Waals surface area contributed by atoms with Gasteiger partial charge in [0.15, 0.2) is 5.13 Å². The molecule has 1 aliphatic rings. The van der Waals surface area contributed by atoms with Crippen molar-refractivity contribution in [3.8, 4) is 0 Å². The first kappa shape index (κ1) is 16.3. The molecule has 21 heavy (non-hydrogen) atoms. The van der Waals surface area contributed by atoms with Gasteiger partial charge in [-0.15, -0.1) is 11.3 Å². The molecule has 0 amide bonds. The van der Waals surface area contributed by atoms with Gasteiger partial charge in [-0.05, 0) is 45.4 Å². The van der Waals surface area contributed by atoms with Gasteiger partial charge in [-0.1, -0.05) is 13.3 Å². The zero-order valence-electron chi connectivity index (χ0n) is 13.4. The minimum atomic E-state index is -0.921. The number of nitrogens with zero attached hydrogens (tertiary/aromatic N) is 2. The van der Waals surface area contributed by atoms with Gasteiger partial charge in [-0.25, -0.2) is 4.98 Å².